The number of likely N-dealkylation sites (tertiary alicyclic amines) is 1. The first kappa shape index (κ1) is 5.69. The summed E-state index contributed by atoms with van der Waals surface area (Å²) in [6.07, 6.45) is 0. The molecule has 9 heavy (non-hydrogen) atoms. The molecule has 0 aromatic heterocycles. The van der Waals surface area contributed by atoms with Gasteiger partial charge >= 0.3 is 0 Å². The zero-order valence-corrected chi connectivity index (χ0v) is 5.75. The topological polar surface area (TPSA) is 23.5 Å². The van der Waals surface area contributed by atoms with Gasteiger partial charge in [0.25, 0.3) is 0 Å². The molecule has 52 valence electrons. The first-order chi connectivity index (χ1) is 4.33. The van der Waals surface area contributed by atoms with Crippen LogP contribution in [0, 0.1) is 17.8 Å². The lowest BCUT2D eigenvalue weighted by Gasteiger charge is -2.13. The molecule has 1 aliphatic heterocycles. The number of aliphatic hydroxyl groups is 1. The fourth-order valence-corrected chi connectivity index (χ4v) is 2.03. The third-order valence-corrected chi connectivity index (χ3v) is 2.90. The van der Waals surface area contributed by atoms with Crippen LogP contribution in [0.15, 0.2) is 0 Å². The number of aliphatic hydroxyl groups excluding tert-OH is 1. The molecule has 2 aliphatic rings. The van der Waals surface area contributed by atoms with Gasteiger partial charge in [0.15, 0.2) is 0 Å². The Labute approximate surface area is 55.5 Å². The van der Waals surface area contributed by atoms with E-state index in [2.05, 4.69) is 11.8 Å². The predicted octanol–water partition coefficient (Wildman–Crippen LogP) is 0.134. The molecule has 2 fully saturated rings. The first-order valence-electron chi connectivity index (χ1n) is 3.66. The lowest BCUT2D eigenvalue weighted by atomic mass is 10.3. The molecule has 2 nitrogen and oxygen atoms in total. The maximum absolute atomic E-state index is 8.72. The van der Waals surface area contributed by atoms with Gasteiger partial charge in [-0.3, -0.25) is 4.90 Å². The second kappa shape index (κ2) is 1.70. The van der Waals surface area contributed by atoms with Gasteiger partial charge in [0, 0.05) is 13.1 Å². The van der Waals surface area contributed by atoms with Crippen LogP contribution in [-0.2, 0) is 0 Å². The molecule has 2 rings (SSSR count). The van der Waals surface area contributed by atoms with E-state index in [9.17, 15) is 0 Å². The fraction of sp³-hybridized carbons (Fsp3) is 1.00. The van der Waals surface area contributed by atoms with E-state index in [1.807, 2.05) is 0 Å². The molecular formula is C7H13NO. The van der Waals surface area contributed by atoms with Gasteiger partial charge in [0.05, 0.1) is 6.73 Å². The number of hydrogen-bond donors (Lipinski definition) is 1. The highest BCUT2D eigenvalue weighted by molar-refractivity contribution is 5.02. The number of rotatable bonds is 1. The van der Waals surface area contributed by atoms with Crippen LogP contribution in [0.3, 0.4) is 0 Å². The Morgan fingerprint density at radius 1 is 1.44 bits per heavy atom. The van der Waals surface area contributed by atoms with Crippen molar-refractivity contribution in [1.82, 2.24) is 4.90 Å². The lowest BCUT2D eigenvalue weighted by Crippen LogP contribution is -2.24. The van der Waals surface area contributed by atoms with Gasteiger partial charge < -0.3 is 5.11 Å². The van der Waals surface area contributed by atoms with Crippen molar-refractivity contribution in [2.75, 3.05) is 19.8 Å². The normalized spacial score (nSPS) is 49.3. The molecule has 1 saturated heterocycles. The van der Waals surface area contributed by atoms with Crippen LogP contribution >= 0.6 is 0 Å². The van der Waals surface area contributed by atoms with Crippen LogP contribution in [0.1, 0.15) is 6.92 Å². The molecule has 0 spiro atoms. The maximum atomic E-state index is 8.72. The number of nitrogens with zero attached hydrogens (tertiary/aromatic N) is 1. The van der Waals surface area contributed by atoms with Gasteiger partial charge in [0.2, 0.25) is 0 Å². The van der Waals surface area contributed by atoms with E-state index in [0.29, 0.717) is 0 Å². The van der Waals surface area contributed by atoms with Crippen LogP contribution in [0.2, 0.25) is 0 Å². The van der Waals surface area contributed by atoms with Crippen molar-refractivity contribution in [3.8, 4) is 0 Å². The van der Waals surface area contributed by atoms with Crippen LogP contribution < -0.4 is 0 Å². The number of hydrogen-bond acceptors (Lipinski definition) is 2. The summed E-state index contributed by atoms with van der Waals surface area (Å²) >= 11 is 0. The number of fused-ring (bicyclic) bond motifs is 1. The monoisotopic (exact) mass is 127 g/mol. The van der Waals surface area contributed by atoms with Crippen molar-refractivity contribution in [3.63, 3.8) is 0 Å². The SMILES string of the molecule is CC1C2CN(CO)CC12. The van der Waals surface area contributed by atoms with E-state index in [1.54, 1.807) is 0 Å². The molecule has 0 aromatic rings. The summed E-state index contributed by atoms with van der Waals surface area (Å²) in [5.41, 5.74) is 0. The lowest BCUT2D eigenvalue weighted by molar-refractivity contribution is 0.115. The second-order valence-corrected chi connectivity index (χ2v) is 3.36. The fourth-order valence-electron chi connectivity index (χ4n) is 2.03. The van der Waals surface area contributed by atoms with E-state index >= 15 is 0 Å². The van der Waals surface area contributed by atoms with E-state index < -0.39 is 0 Å². The summed E-state index contributed by atoms with van der Waals surface area (Å²) in [6.45, 7) is 4.86. The van der Waals surface area contributed by atoms with Gasteiger partial charge in [-0.15, -0.1) is 0 Å². The largest absolute Gasteiger partial charge is 0.381 e. The van der Waals surface area contributed by atoms with Gasteiger partial charge in [-0.25, -0.2) is 0 Å². The van der Waals surface area contributed by atoms with Gasteiger partial charge in [0.1, 0.15) is 0 Å². The minimum Gasteiger partial charge on any atom is -0.381 e. The highest BCUT2D eigenvalue weighted by atomic mass is 16.3. The van der Waals surface area contributed by atoms with Crippen molar-refractivity contribution in [3.05, 3.63) is 0 Å². The minimum absolute atomic E-state index is 0.264. The Hall–Kier alpha value is -0.0800. The van der Waals surface area contributed by atoms with Gasteiger partial charge in [-0.2, -0.15) is 0 Å². The molecule has 1 heterocycles. The summed E-state index contributed by atoms with van der Waals surface area (Å²) in [6, 6.07) is 0. The average Bonchev–Trinajstić information content (AvgIpc) is 2.32. The molecule has 2 atom stereocenters. The smallest absolute Gasteiger partial charge is 0.0956 e. The highest BCUT2D eigenvalue weighted by Gasteiger charge is 2.52. The van der Waals surface area contributed by atoms with Crippen molar-refractivity contribution in [1.29, 1.82) is 0 Å². The molecular weight excluding hydrogens is 114 g/mol. The quantitative estimate of drug-likeness (QED) is 0.541. The van der Waals surface area contributed by atoms with Crippen molar-refractivity contribution in [2.45, 2.75) is 6.92 Å². The average molecular weight is 127 g/mol. The molecule has 0 aromatic carbocycles. The van der Waals surface area contributed by atoms with E-state index in [-0.39, 0.29) is 6.73 Å². The predicted molar refractivity (Wildman–Crippen MR) is 34.8 cm³/mol. The Bertz CT molecular complexity index is 114. The van der Waals surface area contributed by atoms with Crippen LogP contribution in [0.5, 0.6) is 0 Å². The molecule has 0 bridgehead atoms. The standard InChI is InChI=1S/C7H13NO/c1-5-6-2-8(4-9)3-7(5)6/h5-7,9H,2-4H2,1H3. The van der Waals surface area contributed by atoms with Crippen LogP contribution in [0.4, 0.5) is 0 Å². The Balaban J connectivity index is 1.89. The summed E-state index contributed by atoms with van der Waals surface area (Å²) in [4.78, 5) is 2.12. The summed E-state index contributed by atoms with van der Waals surface area (Å²) in [5, 5.41) is 8.72. The summed E-state index contributed by atoms with van der Waals surface area (Å²) in [7, 11) is 0. The molecule has 1 aliphatic carbocycles. The molecule has 2 unspecified atom stereocenters. The maximum Gasteiger partial charge on any atom is 0.0956 e. The number of piperidine rings is 1. The molecule has 0 amide bonds. The minimum atomic E-state index is 0.264. The molecule has 1 saturated carbocycles. The van der Waals surface area contributed by atoms with Crippen molar-refractivity contribution >= 4 is 0 Å². The second-order valence-electron chi connectivity index (χ2n) is 3.36. The molecule has 0 radical (unpaired) electrons. The van der Waals surface area contributed by atoms with Crippen molar-refractivity contribution < 1.29 is 5.11 Å². The zero-order chi connectivity index (χ0) is 6.43. The van der Waals surface area contributed by atoms with Crippen molar-refractivity contribution in [2.24, 2.45) is 17.8 Å². The Morgan fingerprint density at radius 3 is 2.44 bits per heavy atom. The van der Waals surface area contributed by atoms with E-state index in [1.165, 1.54) is 0 Å². The van der Waals surface area contributed by atoms with Crippen LogP contribution in [-0.4, -0.2) is 29.8 Å². The Morgan fingerprint density at radius 2 is 2.00 bits per heavy atom. The van der Waals surface area contributed by atoms with Crippen LogP contribution in [0.25, 0.3) is 0 Å². The zero-order valence-electron chi connectivity index (χ0n) is 5.75. The molecule has 1 N–H and O–H groups in total. The Kier molecular flexibility index (Phi) is 1.08. The van der Waals surface area contributed by atoms with Gasteiger partial charge in [-0.05, 0) is 17.8 Å². The summed E-state index contributed by atoms with van der Waals surface area (Å²) in [5.74, 6) is 2.81. The first-order valence-corrected chi connectivity index (χ1v) is 3.66. The third-order valence-electron chi connectivity index (χ3n) is 2.90. The summed E-state index contributed by atoms with van der Waals surface area (Å²) < 4.78 is 0. The van der Waals surface area contributed by atoms with E-state index in [4.69, 9.17) is 5.11 Å². The third kappa shape index (κ3) is 0.700. The van der Waals surface area contributed by atoms with Gasteiger partial charge in [-0.1, -0.05) is 6.92 Å². The molecule has 2 heteroatoms. The van der Waals surface area contributed by atoms with E-state index in [0.717, 1.165) is 30.8 Å². The highest BCUT2D eigenvalue weighted by Crippen LogP contribution is 2.50.